The van der Waals surface area contributed by atoms with Crippen LogP contribution in [0.25, 0.3) is 0 Å². The second kappa shape index (κ2) is 5.60. The van der Waals surface area contributed by atoms with E-state index in [2.05, 4.69) is 10.3 Å². The van der Waals surface area contributed by atoms with E-state index in [0.717, 1.165) is 19.3 Å². The van der Waals surface area contributed by atoms with Gasteiger partial charge in [0.25, 0.3) is 10.0 Å². The third kappa shape index (κ3) is 2.82. The maximum Gasteiger partial charge on any atom is 0.262 e. The largest absolute Gasteiger partial charge is 0.337 e. The minimum absolute atomic E-state index is 0.0334. The van der Waals surface area contributed by atoms with Gasteiger partial charge in [-0.15, -0.1) is 0 Å². The lowest BCUT2D eigenvalue weighted by Crippen LogP contribution is -2.47. The van der Waals surface area contributed by atoms with Crippen molar-refractivity contribution in [2.75, 3.05) is 20.1 Å². The van der Waals surface area contributed by atoms with Crippen molar-refractivity contribution in [1.82, 2.24) is 19.2 Å². The summed E-state index contributed by atoms with van der Waals surface area (Å²) in [5.74, 6) is 0.709. The molecule has 0 radical (unpaired) electrons. The van der Waals surface area contributed by atoms with E-state index in [-0.39, 0.29) is 11.1 Å². The second-order valence-electron chi connectivity index (χ2n) is 5.06. The van der Waals surface area contributed by atoms with Gasteiger partial charge in [0.1, 0.15) is 5.82 Å². The van der Waals surface area contributed by atoms with Gasteiger partial charge in [-0.1, -0.05) is 6.42 Å². The van der Waals surface area contributed by atoms with Gasteiger partial charge in [-0.2, -0.15) is 4.31 Å². The smallest absolute Gasteiger partial charge is 0.262 e. The van der Waals surface area contributed by atoms with Crippen molar-refractivity contribution < 1.29 is 8.42 Å². The average molecular weight is 286 g/mol. The Hall–Kier alpha value is -0.920. The summed E-state index contributed by atoms with van der Waals surface area (Å²) in [4.78, 5) is 4.16. The Kier molecular flexibility index (Phi) is 4.27. The minimum Gasteiger partial charge on any atom is -0.337 e. The lowest BCUT2D eigenvalue weighted by Gasteiger charge is -2.33. The molecule has 2 heterocycles. The zero-order valence-corrected chi connectivity index (χ0v) is 12.6. The first-order chi connectivity index (χ1) is 8.96. The van der Waals surface area contributed by atoms with Crippen LogP contribution in [0.2, 0.25) is 0 Å². The summed E-state index contributed by atoms with van der Waals surface area (Å²) in [6.07, 6.45) is 4.51. The number of aromatic nitrogens is 2. The molecule has 0 aromatic carbocycles. The average Bonchev–Trinajstić information content (AvgIpc) is 2.71. The summed E-state index contributed by atoms with van der Waals surface area (Å²) in [5, 5.41) is 3.24. The van der Waals surface area contributed by atoms with Crippen LogP contribution in [-0.4, -0.2) is 48.5 Å². The van der Waals surface area contributed by atoms with Crippen LogP contribution in [0.15, 0.2) is 11.2 Å². The molecule has 2 rings (SSSR count). The fraction of sp³-hybridized carbons (Fsp3) is 0.750. The Balaban J connectivity index is 2.31. The first-order valence-electron chi connectivity index (χ1n) is 6.63. The first-order valence-corrected chi connectivity index (χ1v) is 8.07. The van der Waals surface area contributed by atoms with Gasteiger partial charge >= 0.3 is 0 Å². The van der Waals surface area contributed by atoms with Gasteiger partial charge in [-0.05, 0) is 26.8 Å². The Labute approximate surface area is 114 Å². The third-order valence-corrected chi connectivity index (χ3v) is 5.50. The summed E-state index contributed by atoms with van der Waals surface area (Å²) >= 11 is 0. The van der Waals surface area contributed by atoms with Gasteiger partial charge in [0, 0.05) is 32.4 Å². The Morgan fingerprint density at radius 3 is 2.79 bits per heavy atom. The predicted molar refractivity (Wildman–Crippen MR) is 73.4 cm³/mol. The monoisotopic (exact) mass is 286 g/mol. The van der Waals surface area contributed by atoms with E-state index in [1.54, 1.807) is 22.0 Å². The molecule has 0 aliphatic carbocycles. The van der Waals surface area contributed by atoms with Gasteiger partial charge in [0.05, 0.1) is 0 Å². The number of nitrogens with one attached hydrogen (secondary N) is 1. The molecule has 6 nitrogen and oxygen atoms in total. The van der Waals surface area contributed by atoms with E-state index < -0.39 is 10.0 Å². The number of aryl methyl sites for hydroxylation is 2. The zero-order valence-electron chi connectivity index (χ0n) is 11.8. The maximum absolute atomic E-state index is 12.7. The summed E-state index contributed by atoms with van der Waals surface area (Å²) in [6.45, 7) is 3.08. The van der Waals surface area contributed by atoms with Crippen LogP contribution in [-0.2, 0) is 17.1 Å². The zero-order chi connectivity index (χ0) is 14.0. The van der Waals surface area contributed by atoms with E-state index in [0.29, 0.717) is 18.9 Å². The molecule has 0 spiro atoms. The fourth-order valence-electron chi connectivity index (χ4n) is 2.50. The van der Waals surface area contributed by atoms with E-state index in [1.807, 2.05) is 14.1 Å². The molecule has 0 saturated carbocycles. The molecule has 1 atom stereocenters. The highest BCUT2D eigenvalue weighted by Crippen LogP contribution is 2.24. The molecule has 108 valence electrons. The van der Waals surface area contributed by atoms with Gasteiger partial charge in [0.15, 0.2) is 5.03 Å². The second-order valence-corrected chi connectivity index (χ2v) is 6.90. The van der Waals surface area contributed by atoms with E-state index >= 15 is 0 Å². The van der Waals surface area contributed by atoms with Crippen LogP contribution >= 0.6 is 0 Å². The van der Waals surface area contributed by atoms with Crippen LogP contribution in [0.4, 0.5) is 0 Å². The number of hydrogen-bond donors (Lipinski definition) is 1. The maximum atomic E-state index is 12.7. The Morgan fingerprint density at radius 2 is 2.21 bits per heavy atom. The van der Waals surface area contributed by atoms with E-state index in [1.165, 1.54) is 0 Å². The highest BCUT2D eigenvalue weighted by atomic mass is 32.2. The molecule has 1 aliphatic rings. The van der Waals surface area contributed by atoms with Gasteiger partial charge < -0.3 is 9.88 Å². The van der Waals surface area contributed by atoms with Crippen LogP contribution in [0.3, 0.4) is 0 Å². The van der Waals surface area contributed by atoms with Gasteiger partial charge in [0.2, 0.25) is 0 Å². The molecule has 19 heavy (non-hydrogen) atoms. The van der Waals surface area contributed by atoms with Crippen molar-refractivity contribution in [3.05, 3.63) is 12.0 Å². The molecule has 1 fully saturated rings. The Morgan fingerprint density at radius 1 is 1.47 bits per heavy atom. The van der Waals surface area contributed by atoms with Crippen molar-refractivity contribution in [3.8, 4) is 0 Å². The van der Waals surface area contributed by atoms with Crippen molar-refractivity contribution in [2.45, 2.75) is 37.3 Å². The lowest BCUT2D eigenvalue weighted by atomic mass is 10.1. The molecular weight excluding hydrogens is 264 g/mol. The fourth-order valence-corrected chi connectivity index (χ4v) is 4.22. The van der Waals surface area contributed by atoms with Crippen LogP contribution < -0.4 is 5.32 Å². The summed E-state index contributed by atoms with van der Waals surface area (Å²) in [7, 11) is 0.186. The molecule has 1 aromatic rings. The molecule has 1 unspecified atom stereocenters. The molecule has 1 aromatic heterocycles. The SMILES string of the molecule is CNCC1CCCCN1S(=O)(=O)c1cn(C)c(C)n1. The summed E-state index contributed by atoms with van der Waals surface area (Å²) in [6, 6.07) is 0.0334. The van der Waals surface area contributed by atoms with Crippen LogP contribution in [0, 0.1) is 6.92 Å². The topological polar surface area (TPSA) is 67.2 Å². The summed E-state index contributed by atoms with van der Waals surface area (Å²) < 4.78 is 28.7. The molecule has 7 heteroatoms. The highest BCUT2D eigenvalue weighted by Gasteiger charge is 2.34. The normalized spacial score (nSPS) is 21.7. The number of rotatable bonds is 4. The number of likely N-dealkylation sites (N-methyl/N-ethyl adjacent to an activating group) is 1. The molecule has 1 saturated heterocycles. The standard InChI is InChI=1S/C12H22N4O2S/c1-10-14-12(9-15(10)3)19(17,18)16-7-5-4-6-11(16)8-13-2/h9,11,13H,4-8H2,1-3H3. The van der Waals surface area contributed by atoms with Gasteiger partial charge in [-0.25, -0.2) is 13.4 Å². The van der Waals surface area contributed by atoms with Crippen molar-refractivity contribution in [1.29, 1.82) is 0 Å². The minimum atomic E-state index is -3.47. The quantitative estimate of drug-likeness (QED) is 0.875. The number of hydrogen-bond acceptors (Lipinski definition) is 4. The van der Waals surface area contributed by atoms with Gasteiger partial charge in [-0.3, -0.25) is 0 Å². The van der Waals surface area contributed by atoms with E-state index in [4.69, 9.17) is 0 Å². The first kappa shape index (κ1) is 14.5. The number of imidazole rings is 1. The number of nitrogens with zero attached hydrogens (tertiary/aromatic N) is 3. The molecule has 1 N–H and O–H groups in total. The van der Waals surface area contributed by atoms with E-state index in [9.17, 15) is 8.42 Å². The van der Waals surface area contributed by atoms with Crippen molar-refractivity contribution in [2.24, 2.45) is 7.05 Å². The molecule has 0 bridgehead atoms. The van der Waals surface area contributed by atoms with Crippen molar-refractivity contribution in [3.63, 3.8) is 0 Å². The Bertz CT molecular complexity index is 516. The predicted octanol–water partition coefficient (Wildman–Crippen LogP) is 0.491. The number of piperidine rings is 1. The highest BCUT2D eigenvalue weighted by molar-refractivity contribution is 7.89. The lowest BCUT2D eigenvalue weighted by molar-refractivity contribution is 0.248. The molecule has 0 amide bonds. The molecule has 1 aliphatic heterocycles. The van der Waals surface area contributed by atoms with Crippen LogP contribution in [0.1, 0.15) is 25.1 Å². The number of sulfonamides is 1. The third-order valence-electron chi connectivity index (χ3n) is 3.67. The van der Waals surface area contributed by atoms with Crippen molar-refractivity contribution >= 4 is 10.0 Å². The van der Waals surface area contributed by atoms with Crippen LogP contribution in [0.5, 0.6) is 0 Å². The summed E-state index contributed by atoms with van der Waals surface area (Å²) in [5.41, 5.74) is 0. The molecular formula is C12H22N4O2S.